The zero-order valence-corrected chi connectivity index (χ0v) is 15.6. The third-order valence-corrected chi connectivity index (χ3v) is 5.01. The van der Waals surface area contributed by atoms with Crippen LogP contribution in [0.25, 0.3) is 0 Å². The van der Waals surface area contributed by atoms with Crippen LogP contribution in [-0.2, 0) is 4.79 Å². The number of rotatable bonds is 6. The molecule has 0 spiro atoms. The van der Waals surface area contributed by atoms with Gasteiger partial charge >= 0.3 is 0 Å². The molecule has 3 rings (SSSR count). The molecule has 1 amide bonds. The van der Waals surface area contributed by atoms with Gasteiger partial charge in [0.1, 0.15) is 23.6 Å². The zero-order valence-electron chi connectivity index (χ0n) is 15.6. The maximum absolute atomic E-state index is 12.6. The van der Waals surface area contributed by atoms with Gasteiger partial charge in [0.15, 0.2) is 6.54 Å². The number of likely N-dealkylation sites (tertiary alicyclic amines) is 1. The monoisotopic (exact) mass is 366 g/mol. The van der Waals surface area contributed by atoms with Crippen LogP contribution in [0.2, 0.25) is 0 Å². The molecule has 0 saturated carbocycles. The Kier molecular flexibility index (Phi) is 5.94. The number of amides is 1. The number of hydrogen-bond donors (Lipinski definition) is 2. The first-order valence-corrected chi connectivity index (χ1v) is 9.01. The highest BCUT2D eigenvalue weighted by molar-refractivity contribution is 5.92. The summed E-state index contributed by atoms with van der Waals surface area (Å²) in [5.41, 5.74) is 2.12. The largest absolute Gasteiger partial charge is 0.497 e. The second-order valence-electron chi connectivity index (χ2n) is 6.59. The maximum Gasteiger partial charge on any atom is 0.279 e. The van der Waals surface area contributed by atoms with Crippen LogP contribution in [0.15, 0.2) is 42.5 Å². The summed E-state index contributed by atoms with van der Waals surface area (Å²) in [6, 6.07) is 15.2. The summed E-state index contributed by atoms with van der Waals surface area (Å²) in [5.74, 6) is 1.45. The van der Waals surface area contributed by atoms with E-state index in [0.717, 1.165) is 36.4 Å². The van der Waals surface area contributed by atoms with E-state index in [1.807, 2.05) is 24.3 Å². The van der Waals surface area contributed by atoms with Crippen LogP contribution in [-0.4, -0.2) is 33.2 Å². The van der Waals surface area contributed by atoms with Crippen molar-refractivity contribution in [2.24, 2.45) is 0 Å². The van der Waals surface area contributed by atoms with Crippen LogP contribution >= 0.6 is 0 Å². The number of benzene rings is 2. The third kappa shape index (κ3) is 4.21. The summed E-state index contributed by atoms with van der Waals surface area (Å²) < 4.78 is 10.8. The smallest absolute Gasteiger partial charge is 0.279 e. The summed E-state index contributed by atoms with van der Waals surface area (Å²) >= 11 is 0. The van der Waals surface area contributed by atoms with Gasteiger partial charge in [0.25, 0.3) is 5.91 Å². The lowest BCUT2D eigenvalue weighted by Crippen LogP contribution is -3.11. The molecule has 1 heterocycles. The van der Waals surface area contributed by atoms with E-state index in [2.05, 4.69) is 11.4 Å². The standard InChI is InChI=1S/C21H23N3O3/c1-26-16-9-10-17(20(12-16)27-2)19-8-5-11-24(19)14-21(25)23-18-7-4-3-6-15(18)13-22/h3-4,6-7,9-10,12,19H,5,8,11,14H2,1-2H3,(H,23,25)/p+1/t19-/m0/s1. The number of quaternary nitrogens is 1. The Morgan fingerprint density at radius 2 is 2.07 bits per heavy atom. The molecule has 1 saturated heterocycles. The molecule has 0 aliphatic carbocycles. The Morgan fingerprint density at radius 3 is 2.81 bits per heavy atom. The van der Waals surface area contributed by atoms with Gasteiger partial charge in [0.05, 0.1) is 37.6 Å². The number of anilines is 1. The number of carbonyl (C=O) groups is 1. The average molecular weight is 366 g/mol. The Morgan fingerprint density at radius 1 is 1.26 bits per heavy atom. The van der Waals surface area contributed by atoms with Gasteiger partial charge in [-0.1, -0.05) is 12.1 Å². The fraction of sp³-hybridized carbons (Fsp3) is 0.333. The number of carbonyl (C=O) groups excluding carboxylic acids is 1. The number of nitrogens with zero attached hydrogens (tertiary/aromatic N) is 1. The predicted octanol–water partition coefficient (Wildman–Crippen LogP) is 1.93. The molecule has 1 aliphatic rings. The van der Waals surface area contributed by atoms with Crippen molar-refractivity contribution in [3.8, 4) is 17.6 Å². The molecule has 2 N–H and O–H groups in total. The summed E-state index contributed by atoms with van der Waals surface area (Å²) in [4.78, 5) is 13.8. The molecule has 1 unspecified atom stereocenters. The molecule has 0 radical (unpaired) electrons. The molecule has 1 aliphatic heterocycles. The third-order valence-electron chi connectivity index (χ3n) is 5.01. The molecule has 0 bridgehead atoms. The van der Waals surface area contributed by atoms with Crippen LogP contribution < -0.4 is 19.7 Å². The van der Waals surface area contributed by atoms with Gasteiger partial charge < -0.3 is 19.7 Å². The van der Waals surface area contributed by atoms with Gasteiger partial charge in [0.2, 0.25) is 0 Å². The lowest BCUT2D eigenvalue weighted by atomic mass is 10.0. The summed E-state index contributed by atoms with van der Waals surface area (Å²) in [6.07, 6.45) is 2.05. The van der Waals surface area contributed by atoms with Gasteiger partial charge in [0, 0.05) is 18.9 Å². The van der Waals surface area contributed by atoms with Gasteiger partial charge in [-0.15, -0.1) is 0 Å². The van der Waals surface area contributed by atoms with E-state index in [1.165, 1.54) is 4.90 Å². The highest BCUT2D eigenvalue weighted by Gasteiger charge is 2.33. The van der Waals surface area contributed by atoms with Gasteiger partial charge in [-0.05, 0) is 24.3 Å². The average Bonchev–Trinajstić information content (AvgIpc) is 3.15. The van der Waals surface area contributed by atoms with Crippen LogP contribution in [0.4, 0.5) is 5.69 Å². The molecule has 2 aromatic carbocycles. The number of para-hydroxylation sites is 1. The fourth-order valence-corrected chi connectivity index (χ4v) is 3.70. The molecule has 27 heavy (non-hydrogen) atoms. The van der Waals surface area contributed by atoms with Crippen molar-refractivity contribution in [3.05, 3.63) is 53.6 Å². The minimum absolute atomic E-state index is 0.0907. The van der Waals surface area contributed by atoms with E-state index >= 15 is 0 Å². The predicted molar refractivity (Wildman–Crippen MR) is 102 cm³/mol. The number of hydrogen-bond acceptors (Lipinski definition) is 4. The Labute approximate surface area is 159 Å². The lowest BCUT2D eigenvalue weighted by Gasteiger charge is -2.23. The van der Waals surface area contributed by atoms with Crippen molar-refractivity contribution in [2.75, 3.05) is 32.6 Å². The molecule has 1 fully saturated rings. The molecular weight excluding hydrogens is 342 g/mol. The molecule has 6 nitrogen and oxygen atoms in total. The second-order valence-corrected chi connectivity index (χ2v) is 6.59. The van der Waals surface area contributed by atoms with Crippen LogP contribution in [0.3, 0.4) is 0 Å². The number of nitriles is 1. The quantitative estimate of drug-likeness (QED) is 0.819. The second kappa shape index (κ2) is 8.56. The first kappa shape index (κ1) is 18.7. The highest BCUT2D eigenvalue weighted by atomic mass is 16.5. The van der Waals surface area contributed by atoms with Crippen molar-refractivity contribution in [1.29, 1.82) is 5.26 Å². The fourth-order valence-electron chi connectivity index (χ4n) is 3.70. The summed E-state index contributed by atoms with van der Waals surface area (Å²) in [5, 5.41) is 12.0. The van der Waals surface area contributed by atoms with Crippen molar-refractivity contribution >= 4 is 11.6 Å². The Hall–Kier alpha value is -3.04. The maximum atomic E-state index is 12.6. The van der Waals surface area contributed by atoms with Gasteiger partial charge in [-0.25, -0.2) is 0 Å². The number of ether oxygens (including phenoxy) is 2. The van der Waals surface area contributed by atoms with Crippen molar-refractivity contribution in [1.82, 2.24) is 0 Å². The van der Waals surface area contributed by atoms with E-state index in [9.17, 15) is 10.1 Å². The van der Waals surface area contributed by atoms with Crippen molar-refractivity contribution in [2.45, 2.75) is 18.9 Å². The van der Waals surface area contributed by atoms with Crippen LogP contribution in [0, 0.1) is 11.3 Å². The number of methoxy groups -OCH3 is 2. The first-order valence-electron chi connectivity index (χ1n) is 9.01. The summed E-state index contributed by atoms with van der Waals surface area (Å²) in [7, 11) is 3.28. The molecule has 0 aromatic heterocycles. The minimum Gasteiger partial charge on any atom is -0.497 e. The van der Waals surface area contributed by atoms with E-state index in [1.54, 1.807) is 32.4 Å². The van der Waals surface area contributed by atoms with Crippen molar-refractivity contribution < 1.29 is 19.2 Å². The molecular formula is C21H24N3O3+. The van der Waals surface area contributed by atoms with E-state index in [0.29, 0.717) is 17.8 Å². The van der Waals surface area contributed by atoms with Crippen molar-refractivity contribution in [3.63, 3.8) is 0 Å². The molecule has 140 valence electrons. The van der Waals surface area contributed by atoms with E-state index < -0.39 is 0 Å². The number of nitrogens with one attached hydrogen (secondary N) is 2. The van der Waals surface area contributed by atoms with Crippen LogP contribution in [0.5, 0.6) is 11.5 Å². The highest BCUT2D eigenvalue weighted by Crippen LogP contribution is 2.31. The Bertz CT molecular complexity index is 860. The molecule has 2 atom stereocenters. The molecule has 2 aromatic rings. The Balaban J connectivity index is 1.73. The minimum atomic E-state index is -0.0907. The zero-order chi connectivity index (χ0) is 19.2. The first-order chi connectivity index (χ1) is 13.2. The van der Waals surface area contributed by atoms with E-state index in [4.69, 9.17) is 9.47 Å². The van der Waals surface area contributed by atoms with E-state index in [-0.39, 0.29) is 11.9 Å². The normalized spacial score (nSPS) is 18.6. The topological polar surface area (TPSA) is 75.8 Å². The van der Waals surface area contributed by atoms with Gasteiger partial charge in [-0.2, -0.15) is 5.26 Å². The lowest BCUT2D eigenvalue weighted by molar-refractivity contribution is -0.910. The van der Waals surface area contributed by atoms with Crippen LogP contribution in [0.1, 0.15) is 30.0 Å². The molecule has 6 heteroatoms. The van der Waals surface area contributed by atoms with Gasteiger partial charge in [-0.3, -0.25) is 4.79 Å². The SMILES string of the molecule is COc1ccc([C@@H]2CCC[NH+]2CC(=O)Nc2ccccc2C#N)c(OC)c1. The summed E-state index contributed by atoms with van der Waals surface area (Å²) in [6.45, 7) is 1.27.